The Morgan fingerprint density at radius 2 is 2.00 bits per heavy atom. The molecule has 0 atom stereocenters. The molecule has 0 heterocycles. The number of ether oxygens (including phenoxy) is 1. The minimum Gasteiger partial charge on any atom is -0.493 e. The van der Waals surface area contributed by atoms with E-state index in [0.717, 1.165) is 41.9 Å². The van der Waals surface area contributed by atoms with Crippen LogP contribution in [0.15, 0.2) is 18.2 Å². The minimum absolute atomic E-state index is 0.770. The van der Waals surface area contributed by atoms with E-state index < -0.39 is 0 Å². The second-order valence-electron chi connectivity index (χ2n) is 5.88. The molecule has 0 radical (unpaired) electrons. The molecule has 0 aromatic heterocycles. The molecule has 0 amide bonds. The third-order valence-electron chi connectivity index (χ3n) is 4.25. The Labute approximate surface area is 128 Å². The fourth-order valence-corrected chi connectivity index (χ4v) is 3.20. The summed E-state index contributed by atoms with van der Waals surface area (Å²) in [6, 6.07) is 6.59. The summed E-state index contributed by atoms with van der Waals surface area (Å²) in [7, 11) is 2.25. The zero-order valence-corrected chi connectivity index (χ0v) is 13.5. The van der Waals surface area contributed by atoms with Gasteiger partial charge >= 0.3 is 0 Å². The van der Waals surface area contributed by atoms with Crippen LogP contribution in [0.3, 0.4) is 0 Å². The van der Waals surface area contributed by atoms with Gasteiger partial charge in [-0.05, 0) is 57.0 Å². The largest absolute Gasteiger partial charge is 0.493 e. The van der Waals surface area contributed by atoms with Crippen LogP contribution in [0.1, 0.15) is 44.1 Å². The first-order chi connectivity index (χ1) is 9.66. The van der Waals surface area contributed by atoms with Crippen LogP contribution in [0.2, 0.25) is 5.02 Å². The van der Waals surface area contributed by atoms with E-state index in [1.807, 2.05) is 25.1 Å². The van der Waals surface area contributed by atoms with Crippen LogP contribution in [0.25, 0.3) is 0 Å². The van der Waals surface area contributed by atoms with Crippen molar-refractivity contribution >= 4 is 11.6 Å². The number of halogens is 1. The third kappa shape index (κ3) is 4.68. The molecule has 0 aliphatic heterocycles. The zero-order valence-electron chi connectivity index (χ0n) is 12.7. The highest BCUT2D eigenvalue weighted by Gasteiger charge is 2.17. The number of benzene rings is 1. The summed E-state index contributed by atoms with van der Waals surface area (Å²) in [6.45, 7) is 3.94. The van der Waals surface area contributed by atoms with Gasteiger partial charge < -0.3 is 9.64 Å². The molecule has 1 aromatic carbocycles. The van der Waals surface area contributed by atoms with Crippen LogP contribution in [0, 0.1) is 6.92 Å². The van der Waals surface area contributed by atoms with Crippen molar-refractivity contribution in [2.24, 2.45) is 0 Å². The highest BCUT2D eigenvalue weighted by Crippen LogP contribution is 2.23. The fourth-order valence-electron chi connectivity index (χ4n) is 2.98. The molecule has 2 nitrogen and oxygen atoms in total. The normalized spacial score (nSPS) is 16.6. The molecule has 0 unspecified atom stereocenters. The van der Waals surface area contributed by atoms with Gasteiger partial charge in [0.05, 0.1) is 6.61 Å². The quantitative estimate of drug-likeness (QED) is 0.706. The summed E-state index contributed by atoms with van der Waals surface area (Å²) in [4.78, 5) is 2.51. The van der Waals surface area contributed by atoms with E-state index in [4.69, 9.17) is 16.3 Å². The van der Waals surface area contributed by atoms with Crippen molar-refractivity contribution in [3.8, 4) is 5.75 Å². The van der Waals surface area contributed by atoms with Gasteiger partial charge in [0.15, 0.2) is 0 Å². The molecule has 0 saturated heterocycles. The number of aryl methyl sites for hydroxylation is 1. The van der Waals surface area contributed by atoms with Gasteiger partial charge in [0.1, 0.15) is 5.75 Å². The van der Waals surface area contributed by atoms with Crippen LogP contribution in [0.4, 0.5) is 0 Å². The predicted molar refractivity (Wildman–Crippen MR) is 85.8 cm³/mol. The molecule has 20 heavy (non-hydrogen) atoms. The first-order valence-corrected chi connectivity index (χ1v) is 8.14. The van der Waals surface area contributed by atoms with Crippen LogP contribution >= 0.6 is 11.6 Å². The molecule has 1 aliphatic carbocycles. The van der Waals surface area contributed by atoms with Gasteiger partial charge in [0.25, 0.3) is 0 Å². The van der Waals surface area contributed by atoms with Gasteiger partial charge in [-0.1, -0.05) is 30.9 Å². The molecule has 2 rings (SSSR count). The topological polar surface area (TPSA) is 12.5 Å². The van der Waals surface area contributed by atoms with E-state index in [1.54, 1.807) is 0 Å². The SMILES string of the molecule is Cc1cc(Cl)ccc1OCCCN(C)C1CCCCC1. The number of hydrogen-bond acceptors (Lipinski definition) is 2. The second kappa shape index (κ2) is 7.90. The molecule has 0 bridgehead atoms. The third-order valence-corrected chi connectivity index (χ3v) is 4.48. The Bertz CT molecular complexity index is 415. The summed E-state index contributed by atoms with van der Waals surface area (Å²) < 4.78 is 5.84. The molecule has 1 aromatic rings. The predicted octanol–water partition coefficient (Wildman–Crippen LogP) is 4.68. The van der Waals surface area contributed by atoms with Crippen LogP contribution in [0.5, 0.6) is 5.75 Å². The van der Waals surface area contributed by atoms with E-state index in [1.165, 1.54) is 32.1 Å². The van der Waals surface area contributed by atoms with Crippen molar-refractivity contribution in [2.45, 2.75) is 51.5 Å². The molecule has 112 valence electrons. The lowest BCUT2D eigenvalue weighted by Gasteiger charge is -2.31. The maximum Gasteiger partial charge on any atom is 0.122 e. The first-order valence-electron chi connectivity index (χ1n) is 7.76. The summed E-state index contributed by atoms with van der Waals surface area (Å²) in [6.07, 6.45) is 8.03. The van der Waals surface area contributed by atoms with Crippen molar-refractivity contribution in [1.29, 1.82) is 0 Å². The van der Waals surface area contributed by atoms with Gasteiger partial charge in [-0.25, -0.2) is 0 Å². The zero-order chi connectivity index (χ0) is 14.4. The summed E-state index contributed by atoms with van der Waals surface area (Å²) >= 11 is 5.94. The van der Waals surface area contributed by atoms with Crippen LogP contribution in [-0.4, -0.2) is 31.1 Å². The molecule has 1 fully saturated rings. The number of hydrogen-bond donors (Lipinski definition) is 0. The van der Waals surface area contributed by atoms with E-state index in [2.05, 4.69) is 11.9 Å². The lowest BCUT2D eigenvalue weighted by molar-refractivity contribution is 0.177. The lowest BCUT2D eigenvalue weighted by atomic mass is 9.94. The maximum absolute atomic E-state index is 5.94. The maximum atomic E-state index is 5.94. The van der Waals surface area contributed by atoms with E-state index in [0.29, 0.717) is 0 Å². The van der Waals surface area contributed by atoms with Crippen molar-refractivity contribution in [3.05, 3.63) is 28.8 Å². The van der Waals surface area contributed by atoms with E-state index in [9.17, 15) is 0 Å². The fraction of sp³-hybridized carbons (Fsp3) is 0.647. The molecule has 3 heteroatoms. The second-order valence-corrected chi connectivity index (χ2v) is 6.32. The van der Waals surface area contributed by atoms with E-state index >= 15 is 0 Å². The van der Waals surface area contributed by atoms with Crippen molar-refractivity contribution in [3.63, 3.8) is 0 Å². The Kier molecular flexibility index (Phi) is 6.18. The Morgan fingerprint density at radius 3 is 2.70 bits per heavy atom. The van der Waals surface area contributed by atoms with Gasteiger partial charge in [0, 0.05) is 17.6 Å². The molecular weight excluding hydrogens is 270 g/mol. The van der Waals surface area contributed by atoms with Crippen LogP contribution in [-0.2, 0) is 0 Å². The Balaban J connectivity index is 1.68. The smallest absolute Gasteiger partial charge is 0.122 e. The summed E-state index contributed by atoms with van der Waals surface area (Å²) in [5.41, 5.74) is 1.11. The average molecular weight is 296 g/mol. The summed E-state index contributed by atoms with van der Waals surface area (Å²) in [5, 5.41) is 0.770. The van der Waals surface area contributed by atoms with Gasteiger partial charge in [-0.2, -0.15) is 0 Å². The van der Waals surface area contributed by atoms with Gasteiger partial charge in [0.2, 0.25) is 0 Å². The highest BCUT2D eigenvalue weighted by atomic mass is 35.5. The van der Waals surface area contributed by atoms with Crippen molar-refractivity contribution < 1.29 is 4.74 Å². The monoisotopic (exact) mass is 295 g/mol. The molecule has 1 saturated carbocycles. The van der Waals surface area contributed by atoms with Crippen LogP contribution < -0.4 is 4.74 Å². The molecule has 0 N–H and O–H groups in total. The van der Waals surface area contributed by atoms with Crippen molar-refractivity contribution in [1.82, 2.24) is 4.90 Å². The summed E-state index contributed by atoms with van der Waals surface area (Å²) in [5.74, 6) is 0.953. The molecular formula is C17H26ClNO. The minimum atomic E-state index is 0.770. The molecule has 0 spiro atoms. The number of rotatable bonds is 6. The van der Waals surface area contributed by atoms with Gasteiger partial charge in [-0.15, -0.1) is 0 Å². The molecule has 1 aliphatic rings. The Morgan fingerprint density at radius 1 is 1.25 bits per heavy atom. The first kappa shape index (κ1) is 15.7. The van der Waals surface area contributed by atoms with E-state index in [-0.39, 0.29) is 0 Å². The van der Waals surface area contributed by atoms with Gasteiger partial charge in [-0.3, -0.25) is 0 Å². The number of nitrogens with zero attached hydrogens (tertiary/aromatic N) is 1. The Hall–Kier alpha value is -0.730. The highest BCUT2D eigenvalue weighted by molar-refractivity contribution is 6.30. The lowest BCUT2D eigenvalue weighted by Crippen LogP contribution is -2.34. The average Bonchev–Trinajstić information content (AvgIpc) is 2.46. The standard InChI is InChI=1S/C17H26ClNO/c1-14-13-15(18)9-10-17(14)20-12-6-11-19(2)16-7-4-3-5-8-16/h9-10,13,16H,3-8,11-12H2,1-2H3. The van der Waals surface area contributed by atoms with Crippen molar-refractivity contribution in [2.75, 3.05) is 20.2 Å².